The van der Waals surface area contributed by atoms with E-state index in [0.29, 0.717) is 5.02 Å². The number of hydrogen-bond donors (Lipinski definition) is 1. The van der Waals surface area contributed by atoms with Gasteiger partial charge in [-0.25, -0.2) is 4.99 Å². The van der Waals surface area contributed by atoms with E-state index in [2.05, 4.69) is 10.2 Å². The van der Waals surface area contributed by atoms with Gasteiger partial charge in [0.1, 0.15) is 17.3 Å². The highest BCUT2D eigenvalue weighted by Gasteiger charge is 2.23. The van der Waals surface area contributed by atoms with Gasteiger partial charge >= 0.3 is 0 Å². The Bertz CT molecular complexity index is 742. The average molecular weight is 350 g/mol. The summed E-state index contributed by atoms with van der Waals surface area (Å²) in [5, 5.41) is 4.06. The zero-order chi connectivity index (χ0) is 14.9. The molecule has 0 unspecified atom stereocenters. The second-order valence-electron chi connectivity index (χ2n) is 5.38. The van der Waals surface area contributed by atoms with Crippen LogP contribution in [0.4, 0.5) is 5.69 Å². The second kappa shape index (κ2) is 6.79. The number of rotatable bonds is 0. The third-order valence-corrected chi connectivity index (χ3v) is 4.15. The fraction of sp³-hybridized carbons (Fsp3) is 0.235. The average Bonchev–Trinajstić information content (AvgIpc) is 2.72. The molecule has 120 valence electrons. The van der Waals surface area contributed by atoms with Crippen molar-refractivity contribution in [1.29, 1.82) is 0 Å². The van der Waals surface area contributed by atoms with E-state index in [9.17, 15) is 0 Å². The number of fused-ring (bicyclic) bond motifs is 2. The third kappa shape index (κ3) is 3.15. The minimum absolute atomic E-state index is 0. The van der Waals surface area contributed by atoms with Crippen LogP contribution in [0.3, 0.4) is 0 Å². The zero-order valence-corrected chi connectivity index (χ0v) is 14.0. The van der Waals surface area contributed by atoms with E-state index in [-0.39, 0.29) is 12.4 Å². The van der Waals surface area contributed by atoms with Gasteiger partial charge in [0.2, 0.25) is 0 Å². The van der Waals surface area contributed by atoms with Gasteiger partial charge in [0.25, 0.3) is 0 Å². The van der Waals surface area contributed by atoms with E-state index in [1.807, 2.05) is 42.5 Å². The van der Waals surface area contributed by atoms with Crippen molar-refractivity contribution in [2.45, 2.75) is 0 Å². The van der Waals surface area contributed by atoms with Gasteiger partial charge in [0.05, 0.1) is 5.56 Å². The first-order valence-electron chi connectivity index (χ1n) is 7.42. The van der Waals surface area contributed by atoms with Gasteiger partial charge in [-0.1, -0.05) is 23.7 Å². The highest BCUT2D eigenvalue weighted by atomic mass is 35.5. The van der Waals surface area contributed by atoms with Gasteiger partial charge in [0.15, 0.2) is 5.75 Å². The maximum absolute atomic E-state index is 6.20. The molecule has 2 heterocycles. The summed E-state index contributed by atoms with van der Waals surface area (Å²) in [5.41, 5.74) is 1.80. The minimum atomic E-state index is 0. The Morgan fingerprint density at radius 1 is 1.04 bits per heavy atom. The number of nitrogens with one attached hydrogen (secondary N) is 1. The Labute approximate surface area is 146 Å². The minimum Gasteiger partial charge on any atom is -0.454 e. The fourth-order valence-corrected chi connectivity index (χ4v) is 2.98. The molecule has 0 atom stereocenters. The largest absolute Gasteiger partial charge is 0.454 e. The first-order valence-corrected chi connectivity index (χ1v) is 7.80. The molecule has 2 aliphatic rings. The summed E-state index contributed by atoms with van der Waals surface area (Å²) >= 11 is 6.20. The van der Waals surface area contributed by atoms with Crippen LogP contribution in [0.2, 0.25) is 5.02 Å². The maximum Gasteiger partial charge on any atom is 0.153 e. The van der Waals surface area contributed by atoms with E-state index < -0.39 is 0 Å². The number of amidine groups is 1. The molecule has 4 nitrogen and oxygen atoms in total. The molecule has 1 saturated heterocycles. The summed E-state index contributed by atoms with van der Waals surface area (Å²) in [6.07, 6.45) is 0. The van der Waals surface area contributed by atoms with Crippen molar-refractivity contribution in [2.75, 3.05) is 26.2 Å². The number of halogens is 2. The summed E-state index contributed by atoms with van der Waals surface area (Å²) < 4.78 is 6.06. The lowest BCUT2D eigenvalue weighted by Gasteiger charge is -2.30. The summed E-state index contributed by atoms with van der Waals surface area (Å²) in [6, 6.07) is 13.6. The third-order valence-electron chi connectivity index (χ3n) is 3.91. The van der Waals surface area contributed by atoms with Crippen molar-refractivity contribution in [1.82, 2.24) is 10.2 Å². The van der Waals surface area contributed by atoms with Gasteiger partial charge in [-0.05, 0) is 30.3 Å². The molecular weight excluding hydrogens is 333 g/mol. The van der Waals surface area contributed by atoms with E-state index >= 15 is 0 Å². The Morgan fingerprint density at radius 3 is 2.65 bits per heavy atom. The molecule has 0 radical (unpaired) electrons. The number of aliphatic imine (C=N–C) groups is 1. The highest BCUT2D eigenvalue weighted by molar-refractivity contribution is 6.31. The lowest BCUT2D eigenvalue weighted by molar-refractivity contribution is 0.357. The van der Waals surface area contributed by atoms with Gasteiger partial charge in [0, 0.05) is 31.2 Å². The molecule has 2 aromatic rings. The molecule has 2 aromatic carbocycles. The highest BCUT2D eigenvalue weighted by Crippen LogP contribution is 2.38. The summed E-state index contributed by atoms with van der Waals surface area (Å²) in [7, 11) is 0. The van der Waals surface area contributed by atoms with Gasteiger partial charge in [-0.15, -0.1) is 12.4 Å². The van der Waals surface area contributed by atoms with Crippen LogP contribution in [0.25, 0.3) is 0 Å². The van der Waals surface area contributed by atoms with Crippen LogP contribution in [-0.4, -0.2) is 36.9 Å². The van der Waals surface area contributed by atoms with E-state index in [0.717, 1.165) is 54.8 Å². The lowest BCUT2D eigenvalue weighted by Crippen LogP contribution is -2.46. The summed E-state index contributed by atoms with van der Waals surface area (Å²) in [6.45, 7) is 3.76. The SMILES string of the molecule is Cl.Clc1ccc2c(c1)C(N1CCNCC1)=Nc1ccccc1O2. The van der Waals surface area contributed by atoms with Crippen molar-refractivity contribution >= 4 is 35.5 Å². The molecule has 4 rings (SSSR count). The summed E-state index contributed by atoms with van der Waals surface area (Å²) in [5.74, 6) is 2.51. The van der Waals surface area contributed by atoms with Crippen molar-refractivity contribution < 1.29 is 4.74 Å². The predicted molar refractivity (Wildman–Crippen MR) is 95.9 cm³/mol. The van der Waals surface area contributed by atoms with Crippen LogP contribution >= 0.6 is 24.0 Å². The van der Waals surface area contributed by atoms with Crippen LogP contribution in [0, 0.1) is 0 Å². The molecule has 0 aromatic heterocycles. The van der Waals surface area contributed by atoms with E-state index in [1.54, 1.807) is 0 Å². The summed E-state index contributed by atoms with van der Waals surface area (Å²) in [4.78, 5) is 7.17. The molecule has 0 bridgehead atoms. The molecule has 0 spiro atoms. The van der Waals surface area contributed by atoms with Crippen LogP contribution in [0.1, 0.15) is 5.56 Å². The number of piperazine rings is 1. The number of hydrogen-bond acceptors (Lipinski definition) is 4. The second-order valence-corrected chi connectivity index (χ2v) is 5.82. The van der Waals surface area contributed by atoms with Crippen LogP contribution in [0.5, 0.6) is 11.5 Å². The van der Waals surface area contributed by atoms with Crippen molar-refractivity contribution in [3.63, 3.8) is 0 Å². The molecule has 2 aliphatic heterocycles. The van der Waals surface area contributed by atoms with Crippen LogP contribution < -0.4 is 10.1 Å². The topological polar surface area (TPSA) is 36.9 Å². The molecule has 0 aliphatic carbocycles. The Morgan fingerprint density at radius 2 is 1.83 bits per heavy atom. The molecule has 0 amide bonds. The molecule has 1 fully saturated rings. The monoisotopic (exact) mass is 349 g/mol. The first-order chi connectivity index (χ1) is 10.8. The van der Waals surface area contributed by atoms with Gasteiger partial charge in [-0.3, -0.25) is 0 Å². The van der Waals surface area contributed by atoms with Crippen molar-refractivity contribution in [3.8, 4) is 11.5 Å². The number of nitrogens with zero attached hydrogens (tertiary/aromatic N) is 2. The Hall–Kier alpha value is -1.75. The molecule has 6 heteroatoms. The van der Waals surface area contributed by atoms with Gasteiger partial charge in [-0.2, -0.15) is 0 Å². The standard InChI is InChI=1S/C17H16ClN3O.ClH/c18-12-5-6-15-13(11-12)17(21-9-7-19-8-10-21)20-14-3-1-2-4-16(14)22-15;/h1-6,11,19H,7-10H2;1H. The number of benzene rings is 2. The predicted octanol–water partition coefficient (Wildman–Crippen LogP) is 3.85. The number of para-hydroxylation sites is 2. The van der Waals surface area contributed by atoms with Gasteiger partial charge < -0.3 is 15.0 Å². The molecule has 1 N–H and O–H groups in total. The quantitative estimate of drug-likeness (QED) is 0.784. The van der Waals surface area contributed by atoms with E-state index in [4.69, 9.17) is 21.3 Å². The first kappa shape index (κ1) is 16.1. The van der Waals surface area contributed by atoms with Crippen LogP contribution in [0.15, 0.2) is 47.5 Å². The maximum atomic E-state index is 6.20. The van der Waals surface area contributed by atoms with Crippen molar-refractivity contribution in [3.05, 3.63) is 53.1 Å². The van der Waals surface area contributed by atoms with Crippen LogP contribution in [-0.2, 0) is 0 Å². The molecule has 0 saturated carbocycles. The Kier molecular flexibility index (Phi) is 4.76. The molecule has 23 heavy (non-hydrogen) atoms. The normalized spacial score (nSPS) is 16.2. The van der Waals surface area contributed by atoms with E-state index in [1.165, 1.54) is 0 Å². The number of ether oxygens (including phenoxy) is 1. The fourth-order valence-electron chi connectivity index (χ4n) is 2.81. The lowest BCUT2D eigenvalue weighted by atomic mass is 10.1. The zero-order valence-electron chi connectivity index (χ0n) is 12.5. The smallest absolute Gasteiger partial charge is 0.153 e. The van der Waals surface area contributed by atoms with Crippen molar-refractivity contribution in [2.24, 2.45) is 4.99 Å². The molecular formula is C17H17Cl2N3O. The Balaban J connectivity index is 0.00000156.